The van der Waals surface area contributed by atoms with Crippen LogP contribution in [0.15, 0.2) is 0 Å². The van der Waals surface area contributed by atoms with E-state index in [1.165, 1.54) is 0 Å². The van der Waals surface area contributed by atoms with E-state index in [-0.39, 0.29) is 18.1 Å². The van der Waals surface area contributed by atoms with Crippen LogP contribution in [0.3, 0.4) is 0 Å². The van der Waals surface area contributed by atoms with Crippen LogP contribution in [0.4, 0.5) is 0 Å². The molecule has 1 aliphatic heterocycles. The van der Waals surface area contributed by atoms with Gasteiger partial charge in [0, 0.05) is 32.2 Å². The summed E-state index contributed by atoms with van der Waals surface area (Å²) in [6.45, 7) is 14.9. The molecular formula is C16H33N3O2. The Morgan fingerprint density at radius 2 is 1.81 bits per heavy atom. The zero-order valence-corrected chi connectivity index (χ0v) is 14.3. The number of morpholine rings is 1. The summed E-state index contributed by atoms with van der Waals surface area (Å²) in [6.07, 6.45) is 0.0372. The molecule has 2 atom stereocenters. The van der Waals surface area contributed by atoms with E-state index in [1.807, 2.05) is 11.8 Å². The molecule has 2 unspecified atom stereocenters. The Morgan fingerprint density at radius 3 is 2.29 bits per heavy atom. The minimum Gasteiger partial charge on any atom is -0.374 e. The van der Waals surface area contributed by atoms with Crippen molar-refractivity contribution in [2.24, 2.45) is 17.6 Å². The summed E-state index contributed by atoms with van der Waals surface area (Å²) in [7, 11) is 0. The van der Waals surface area contributed by atoms with Crippen molar-refractivity contribution >= 4 is 5.91 Å². The lowest BCUT2D eigenvalue weighted by molar-refractivity contribution is -0.135. The number of carbonyl (C=O) groups excluding carboxylic acids is 1. The van der Waals surface area contributed by atoms with Gasteiger partial charge in [-0.2, -0.15) is 0 Å². The van der Waals surface area contributed by atoms with E-state index in [0.29, 0.717) is 25.0 Å². The first kappa shape index (κ1) is 18.4. The molecule has 0 aromatic rings. The van der Waals surface area contributed by atoms with Gasteiger partial charge in [0.05, 0.1) is 19.3 Å². The Balaban J connectivity index is 2.55. The number of amides is 1. The van der Waals surface area contributed by atoms with Crippen molar-refractivity contribution < 1.29 is 9.53 Å². The third-order valence-electron chi connectivity index (χ3n) is 3.65. The minimum atomic E-state index is 0.00494. The van der Waals surface area contributed by atoms with Crippen molar-refractivity contribution in [2.75, 3.05) is 39.3 Å². The molecule has 0 saturated carbocycles. The molecule has 0 aliphatic carbocycles. The van der Waals surface area contributed by atoms with Gasteiger partial charge in [0.25, 0.3) is 0 Å². The Morgan fingerprint density at radius 1 is 1.24 bits per heavy atom. The second kappa shape index (κ2) is 8.71. The molecule has 124 valence electrons. The lowest BCUT2D eigenvalue weighted by Crippen LogP contribution is -2.52. The van der Waals surface area contributed by atoms with Crippen molar-refractivity contribution in [3.05, 3.63) is 0 Å². The van der Waals surface area contributed by atoms with E-state index in [2.05, 4.69) is 32.6 Å². The van der Waals surface area contributed by atoms with Gasteiger partial charge < -0.3 is 15.4 Å². The van der Waals surface area contributed by atoms with Crippen molar-refractivity contribution in [1.29, 1.82) is 0 Å². The Hall–Kier alpha value is -0.650. The third kappa shape index (κ3) is 6.76. The van der Waals surface area contributed by atoms with Crippen LogP contribution >= 0.6 is 0 Å². The Bertz CT molecular complexity index is 309. The van der Waals surface area contributed by atoms with Gasteiger partial charge in [-0.15, -0.1) is 0 Å². The van der Waals surface area contributed by atoms with Crippen LogP contribution in [0.25, 0.3) is 0 Å². The highest BCUT2D eigenvalue weighted by Gasteiger charge is 2.26. The fourth-order valence-corrected chi connectivity index (χ4v) is 2.64. The van der Waals surface area contributed by atoms with E-state index in [1.54, 1.807) is 0 Å². The molecule has 1 rings (SSSR count). The number of nitrogens with zero attached hydrogens (tertiary/aromatic N) is 2. The fourth-order valence-electron chi connectivity index (χ4n) is 2.64. The van der Waals surface area contributed by atoms with E-state index in [9.17, 15) is 4.79 Å². The first-order chi connectivity index (χ1) is 9.79. The SMILES string of the molecule is CC(C)CN(CC(C)C)C(=O)CN1CCOC(C(C)N)C1. The third-order valence-corrected chi connectivity index (χ3v) is 3.65. The zero-order chi connectivity index (χ0) is 16.0. The normalized spacial score (nSPS) is 21.8. The van der Waals surface area contributed by atoms with Crippen LogP contribution in [0, 0.1) is 11.8 Å². The van der Waals surface area contributed by atoms with Crippen LogP contribution in [0.5, 0.6) is 0 Å². The molecule has 2 N–H and O–H groups in total. The average molecular weight is 299 g/mol. The minimum absolute atomic E-state index is 0.00494. The van der Waals surface area contributed by atoms with Gasteiger partial charge in [0.15, 0.2) is 0 Å². The van der Waals surface area contributed by atoms with E-state index >= 15 is 0 Å². The molecule has 1 heterocycles. The number of nitrogens with two attached hydrogens (primary N) is 1. The van der Waals surface area contributed by atoms with Gasteiger partial charge in [-0.3, -0.25) is 9.69 Å². The standard InChI is InChI=1S/C16H33N3O2/c1-12(2)8-19(9-13(3)4)16(20)11-18-6-7-21-15(10-18)14(5)17/h12-15H,6-11,17H2,1-5H3. The zero-order valence-electron chi connectivity index (χ0n) is 14.3. The summed E-state index contributed by atoms with van der Waals surface area (Å²) in [5.41, 5.74) is 5.90. The van der Waals surface area contributed by atoms with Crippen molar-refractivity contribution in [1.82, 2.24) is 9.80 Å². The average Bonchev–Trinajstić information content (AvgIpc) is 2.37. The highest BCUT2D eigenvalue weighted by atomic mass is 16.5. The second-order valence-corrected chi connectivity index (χ2v) is 7.09. The lowest BCUT2D eigenvalue weighted by atomic mass is 10.1. The molecule has 0 spiro atoms. The van der Waals surface area contributed by atoms with Gasteiger partial charge >= 0.3 is 0 Å². The number of ether oxygens (including phenoxy) is 1. The van der Waals surface area contributed by atoms with E-state index in [0.717, 1.165) is 26.2 Å². The van der Waals surface area contributed by atoms with Gasteiger partial charge in [-0.1, -0.05) is 27.7 Å². The predicted molar refractivity (Wildman–Crippen MR) is 86.1 cm³/mol. The maximum Gasteiger partial charge on any atom is 0.236 e. The van der Waals surface area contributed by atoms with E-state index in [4.69, 9.17) is 10.5 Å². The number of carbonyl (C=O) groups is 1. The summed E-state index contributed by atoms with van der Waals surface area (Å²) < 4.78 is 5.65. The van der Waals surface area contributed by atoms with Gasteiger partial charge in [0.1, 0.15) is 0 Å². The highest BCUT2D eigenvalue weighted by Crippen LogP contribution is 2.10. The number of hydrogen-bond acceptors (Lipinski definition) is 4. The maximum absolute atomic E-state index is 12.6. The van der Waals surface area contributed by atoms with Crippen LogP contribution in [-0.2, 0) is 9.53 Å². The monoisotopic (exact) mass is 299 g/mol. The maximum atomic E-state index is 12.6. The highest BCUT2D eigenvalue weighted by molar-refractivity contribution is 5.78. The van der Waals surface area contributed by atoms with Crippen molar-refractivity contribution in [2.45, 2.75) is 46.8 Å². The first-order valence-electron chi connectivity index (χ1n) is 8.16. The van der Waals surface area contributed by atoms with Crippen molar-refractivity contribution in [3.63, 3.8) is 0 Å². The molecule has 21 heavy (non-hydrogen) atoms. The van der Waals surface area contributed by atoms with Gasteiger partial charge in [0.2, 0.25) is 5.91 Å². The molecule has 0 bridgehead atoms. The summed E-state index contributed by atoms with van der Waals surface area (Å²) in [6, 6.07) is 0.00494. The molecule has 0 radical (unpaired) electrons. The van der Waals surface area contributed by atoms with Crippen LogP contribution in [-0.4, -0.2) is 67.2 Å². The molecule has 1 saturated heterocycles. The fraction of sp³-hybridized carbons (Fsp3) is 0.938. The Labute approximate surface area is 129 Å². The lowest BCUT2D eigenvalue weighted by Gasteiger charge is -2.36. The summed E-state index contributed by atoms with van der Waals surface area (Å²) >= 11 is 0. The van der Waals surface area contributed by atoms with Gasteiger partial charge in [-0.25, -0.2) is 0 Å². The van der Waals surface area contributed by atoms with Crippen LogP contribution in [0.2, 0.25) is 0 Å². The molecule has 1 aliphatic rings. The summed E-state index contributed by atoms with van der Waals surface area (Å²) in [4.78, 5) is 16.8. The summed E-state index contributed by atoms with van der Waals surface area (Å²) in [5.74, 6) is 1.21. The molecule has 1 fully saturated rings. The molecule has 5 nitrogen and oxygen atoms in total. The summed E-state index contributed by atoms with van der Waals surface area (Å²) in [5, 5.41) is 0. The molecule has 5 heteroatoms. The molecule has 0 aromatic heterocycles. The first-order valence-corrected chi connectivity index (χ1v) is 8.16. The number of hydrogen-bond donors (Lipinski definition) is 1. The van der Waals surface area contributed by atoms with Crippen LogP contribution < -0.4 is 5.73 Å². The quantitative estimate of drug-likeness (QED) is 0.767. The Kier molecular flexibility index (Phi) is 7.63. The topological polar surface area (TPSA) is 58.8 Å². The van der Waals surface area contributed by atoms with Crippen molar-refractivity contribution in [3.8, 4) is 0 Å². The van der Waals surface area contributed by atoms with Crippen LogP contribution in [0.1, 0.15) is 34.6 Å². The number of rotatable bonds is 7. The van der Waals surface area contributed by atoms with Gasteiger partial charge in [-0.05, 0) is 18.8 Å². The second-order valence-electron chi connectivity index (χ2n) is 7.09. The molecule has 0 aromatic carbocycles. The predicted octanol–water partition coefficient (Wildman–Crippen LogP) is 1.18. The largest absolute Gasteiger partial charge is 0.374 e. The van der Waals surface area contributed by atoms with E-state index < -0.39 is 0 Å². The molecular weight excluding hydrogens is 266 g/mol. The smallest absolute Gasteiger partial charge is 0.236 e. The molecule has 1 amide bonds.